The smallest absolute Gasteiger partial charge is 0.294 e. The van der Waals surface area contributed by atoms with Gasteiger partial charge in [0.2, 0.25) is 5.78 Å². The summed E-state index contributed by atoms with van der Waals surface area (Å²) in [6.07, 6.45) is 0. The van der Waals surface area contributed by atoms with Crippen molar-refractivity contribution >= 4 is 28.7 Å². The van der Waals surface area contributed by atoms with Crippen LogP contribution in [-0.2, 0) is 4.79 Å². The summed E-state index contributed by atoms with van der Waals surface area (Å²) >= 11 is 1.28. The number of aryl methyl sites for hydroxylation is 2. The van der Waals surface area contributed by atoms with E-state index in [9.17, 15) is 14.7 Å². The maximum Gasteiger partial charge on any atom is 0.294 e. The van der Waals surface area contributed by atoms with Crippen molar-refractivity contribution in [3.63, 3.8) is 0 Å². The Labute approximate surface area is 220 Å². The number of Topliss-reactive ketones (excluding diaryl/α,β-unsaturated/α-hetero) is 1. The molecule has 0 bridgehead atoms. The van der Waals surface area contributed by atoms with Gasteiger partial charge in [-0.1, -0.05) is 86.1 Å². The van der Waals surface area contributed by atoms with Crippen molar-refractivity contribution in [3.05, 3.63) is 117 Å². The summed E-state index contributed by atoms with van der Waals surface area (Å²) in [5.74, 6) is -1.14. The van der Waals surface area contributed by atoms with Gasteiger partial charge in [-0.05, 0) is 43.0 Å². The van der Waals surface area contributed by atoms with Crippen molar-refractivity contribution < 1.29 is 14.7 Å². The second-order valence-electron chi connectivity index (χ2n) is 9.63. The standard InChI is InChI=1S/C31H28N2O3S/c1-18(2)21-13-15-24(16-14-21)33-26(23-12-8-9-19(3)17-23)25(28(35)31(33)36)27(34)29-20(4)32-30(37-29)22-10-6-5-7-11-22/h5-18,26,35H,1-4H3. The summed E-state index contributed by atoms with van der Waals surface area (Å²) in [6, 6.07) is 24.3. The molecule has 2 heterocycles. The molecule has 1 aliphatic heterocycles. The lowest BCUT2D eigenvalue weighted by Gasteiger charge is -2.27. The third kappa shape index (κ3) is 4.49. The Bertz CT molecular complexity index is 1520. The molecule has 3 aromatic carbocycles. The van der Waals surface area contributed by atoms with Gasteiger partial charge in [-0.15, -0.1) is 11.3 Å². The second-order valence-corrected chi connectivity index (χ2v) is 10.6. The van der Waals surface area contributed by atoms with Crippen molar-refractivity contribution in [2.24, 2.45) is 0 Å². The van der Waals surface area contributed by atoms with Crippen LogP contribution in [0.4, 0.5) is 5.69 Å². The number of ketones is 1. The fourth-order valence-corrected chi connectivity index (χ4v) is 5.74. The first-order chi connectivity index (χ1) is 17.8. The number of aliphatic hydroxyl groups excluding tert-OH is 1. The van der Waals surface area contributed by atoms with Crippen LogP contribution in [0.25, 0.3) is 10.6 Å². The molecule has 5 nitrogen and oxygen atoms in total. The van der Waals surface area contributed by atoms with Crippen molar-refractivity contribution in [1.82, 2.24) is 4.98 Å². The molecular weight excluding hydrogens is 480 g/mol. The highest BCUT2D eigenvalue weighted by molar-refractivity contribution is 7.17. The topological polar surface area (TPSA) is 70.5 Å². The van der Waals surface area contributed by atoms with E-state index in [1.165, 1.54) is 16.2 Å². The minimum Gasteiger partial charge on any atom is -0.503 e. The maximum atomic E-state index is 14.0. The molecule has 5 rings (SSSR count). The number of hydrogen-bond donors (Lipinski definition) is 1. The number of anilines is 1. The average molecular weight is 509 g/mol. The van der Waals surface area contributed by atoms with E-state index < -0.39 is 17.7 Å². The quantitative estimate of drug-likeness (QED) is 0.277. The van der Waals surface area contributed by atoms with Gasteiger partial charge in [0.25, 0.3) is 5.91 Å². The highest BCUT2D eigenvalue weighted by Crippen LogP contribution is 2.43. The number of carbonyl (C=O) groups is 2. The third-order valence-corrected chi connectivity index (χ3v) is 7.88. The van der Waals surface area contributed by atoms with Crippen LogP contribution in [0.3, 0.4) is 0 Å². The molecule has 37 heavy (non-hydrogen) atoms. The zero-order valence-corrected chi connectivity index (χ0v) is 22.0. The molecule has 1 N–H and O–H groups in total. The van der Waals surface area contributed by atoms with Crippen LogP contribution in [0, 0.1) is 13.8 Å². The van der Waals surface area contributed by atoms with Gasteiger partial charge in [-0.2, -0.15) is 0 Å². The lowest BCUT2D eigenvalue weighted by Crippen LogP contribution is -2.31. The molecule has 0 spiro atoms. The molecule has 1 aliphatic rings. The van der Waals surface area contributed by atoms with Gasteiger partial charge in [0.15, 0.2) is 5.76 Å². The number of nitrogens with zero attached hydrogens (tertiary/aromatic N) is 2. The van der Waals surface area contributed by atoms with Crippen LogP contribution in [0.1, 0.15) is 57.9 Å². The van der Waals surface area contributed by atoms with Crippen LogP contribution in [0.5, 0.6) is 0 Å². The van der Waals surface area contributed by atoms with Crippen LogP contribution >= 0.6 is 11.3 Å². The zero-order chi connectivity index (χ0) is 26.3. The summed E-state index contributed by atoms with van der Waals surface area (Å²) < 4.78 is 0. The molecule has 1 unspecified atom stereocenters. The Morgan fingerprint density at radius 3 is 2.32 bits per heavy atom. The largest absolute Gasteiger partial charge is 0.503 e. The highest BCUT2D eigenvalue weighted by atomic mass is 32.1. The first-order valence-electron chi connectivity index (χ1n) is 12.3. The van der Waals surface area contributed by atoms with E-state index in [4.69, 9.17) is 0 Å². The number of amides is 1. The van der Waals surface area contributed by atoms with Crippen molar-refractivity contribution in [2.45, 2.75) is 39.7 Å². The molecule has 0 radical (unpaired) electrons. The van der Waals surface area contributed by atoms with Crippen molar-refractivity contribution in [2.75, 3.05) is 4.90 Å². The van der Waals surface area contributed by atoms with Gasteiger partial charge in [0.1, 0.15) is 5.01 Å². The fraction of sp³-hybridized carbons (Fsp3) is 0.194. The van der Waals surface area contributed by atoms with Gasteiger partial charge >= 0.3 is 0 Å². The lowest BCUT2D eigenvalue weighted by molar-refractivity contribution is -0.117. The first kappa shape index (κ1) is 24.7. The van der Waals surface area contributed by atoms with E-state index in [1.807, 2.05) is 85.8 Å². The second kappa shape index (κ2) is 9.79. The predicted molar refractivity (Wildman–Crippen MR) is 148 cm³/mol. The van der Waals surface area contributed by atoms with Crippen LogP contribution < -0.4 is 4.90 Å². The van der Waals surface area contributed by atoms with E-state index >= 15 is 0 Å². The summed E-state index contributed by atoms with van der Waals surface area (Å²) in [6.45, 7) is 7.97. The Morgan fingerprint density at radius 2 is 1.68 bits per heavy atom. The van der Waals surface area contributed by atoms with Gasteiger partial charge in [0, 0.05) is 11.3 Å². The van der Waals surface area contributed by atoms with Gasteiger partial charge in [-0.3, -0.25) is 14.5 Å². The number of carbonyl (C=O) groups excluding carboxylic acids is 2. The SMILES string of the molecule is Cc1cccc(C2C(C(=O)c3sc(-c4ccccc4)nc3C)=C(O)C(=O)N2c2ccc(C(C)C)cc2)c1. The zero-order valence-electron chi connectivity index (χ0n) is 21.2. The van der Waals surface area contributed by atoms with E-state index in [-0.39, 0.29) is 11.4 Å². The van der Waals surface area contributed by atoms with Gasteiger partial charge in [0.05, 0.1) is 22.2 Å². The molecular formula is C31H28N2O3S. The number of hydrogen-bond acceptors (Lipinski definition) is 5. The molecule has 4 aromatic rings. The predicted octanol–water partition coefficient (Wildman–Crippen LogP) is 7.33. The fourth-order valence-electron chi connectivity index (χ4n) is 4.71. The molecule has 0 saturated carbocycles. The number of aliphatic hydroxyl groups is 1. The molecule has 0 fully saturated rings. The summed E-state index contributed by atoms with van der Waals surface area (Å²) in [5, 5.41) is 11.9. The molecule has 0 saturated heterocycles. The minimum atomic E-state index is -0.758. The molecule has 1 atom stereocenters. The van der Waals surface area contributed by atoms with Gasteiger partial charge < -0.3 is 5.11 Å². The number of benzene rings is 3. The number of thiazole rings is 1. The Morgan fingerprint density at radius 1 is 0.973 bits per heavy atom. The van der Waals surface area contributed by atoms with Crippen LogP contribution in [0.2, 0.25) is 0 Å². The van der Waals surface area contributed by atoms with Crippen LogP contribution in [-0.4, -0.2) is 21.8 Å². The molecule has 6 heteroatoms. The number of rotatable bonds is 6. The van der Waals surface area contributed by atoms with Crippen molar-refractivity contribution in [1.29, 1.82) is 0 Å². The molecule has 1 amide bonds. The van der Waals surface area contributed by atoms with E-state index in [1.54, 1.807) is 6.92 Å². The van der Waals surface area contributed by atoms with Gasteiger partial charge in [-0.25, -0.2) is 4.98 Å². The molecule has 186 valence electrons. The summed E-state index contributed by atoms with van der Waals surface area (Å²) in [7, 11) is 0. The normalized spacial score (nSPS) is 15.6. The lowest BCUT2D eigenvalue weighted by atomic mass is 9.93. The first-order valence-corrected chi connectivity index (χ1v) is 13.1. The Balaban J connectivity index is 1.62. The Hall–Kier alpha value is -4.03. The van der Waals surface area contributed by atoms with E-state index in [0.717, 1.165) is 27.3 Å². The maximum absolute atomic E-state index is 14.0. The van der Waals surface area contributed by atoms with Crippen LogP contribution in [0.15, 0.2) is 90.2 Å². The average Bonchev–Trinajstić information content (AvgIpc) is 3.41. The summed E-state index contributed by atoms with van der Waals surface area (Å²) in [4.78, 5) is 34.1. The van der Waals surface area contributed by atoms with E-state index in [0.29, 0.717) is 22.2 Å². The molecule has 0 aliphatic carbocycles. The third-order valence-electron chi connectivity index (χ3n) is 6.67. The highest BCUT2D eigenvalue weighted by Gasteiger charge is 2.45. The number of aromatic nitrogens is 1. The minimum absolute atomic E-state index is 0.0786. The monoisotopic (exact) mass is 508 g/mol. The Kier molecular flexibility index (Phi) is 6.52. The summed E-state index contributed by atoms with van der Waals surface area (Å²) in [5.41, 5.74) is 5.10. The molecule has 1 aromatic heterocycles. The van der Waals surface area contributed by atoms with Crippen molar-refractivity contribution in [3.8, 4) is 10.6 Å². The van der Waals surface area contributed by atoms with E-state index in [2.05, 4.69) is 18.8 Å².